The first kappa shape index (κ1) is 37.2. The molecule has 2 aliphatic rings. The molecule has 1 heterocycles. The van der Waals surface area contributed by atoms with E-state index in [0.29, 0.717) is 23.4 Å². The minimum absolute atomic E-state index is 0.535. The second-order valence-electron chi connectivity index (χ2n) is 15.1. The van der Waals surface area contributed by atoms with Crippen molar-refractivity contribution in [3.63, 3.8) is 0 Å². The lowest BCUT2D eigenvalue weighted by atomic mass is 9.91. The van der Waals surface area contributed by atoms with Crippen molar-refractivity contribution < 1.29 is 0 Å². The van der Waals surface area contributed by atoms with Crippen LogP contribution < -0.4 is 0 Å². The van der Waals surface area contributed by atoms with E-state index >= 15 is 0 Å². The fourth-order valence-corrected chi connectivity index (χ4v) is 7.30. The zero-order valence-corrected chi connectivity index (χ0v) is 32.9. The van der Waals surface area contributed by atoms with Gasteiger partial charge in [-0.05, 0) is 113 Å². The van der Waals surface area contributed by atoms with E-state index in [1.165, 1.54) is 16.7 Å². The van der Waals surface area contributed by atoms with Gasteiger partial charge in [-0.15, -0.1) is 0 Å². The summed E-state index contributed by atoms with van der Waals surface area (Å²) < 4.78 is 0. The Kier molecular flexibility index (Phi) is 11.1. The molecule has 57 heavy (non-hydrogen) atoms. The molecule has 3 heteroatoms. The molecular formula is C54H47N3. The maximum atomic E-state index is 5.30. The number of aromatic nitrogens is 1. The number of aliphatic imine (C=N–C) groups is 2. The fourth-order valence-electron chi connectivity index (χ4n) is 7.30. The molecule has 0 aliphatic heterocycles. The van der Waals surface area contributed by atoms with Gasteiger partial charge in [-0.25, -0.2) is 15.0 Å². The highest BCUT2D eigenvalue weighted by Crippen LogP contribution is 2.35. The molecule has 6 aromatic rings. The topological polar surface area (TPSA) is 37.6 Å². The molecule has 1 unspecified atom stereocenters. The highest BCUT2D eigenvalue weighted by molar-refractivity contribution is 6.12. The van der Waals surface area contributed by atoms with Crippen molar-refractivity contribution in [2.24, 2.45) is 21.8 Å². The van der Waals surface area contributed by atoms with Crippen molar-refractivity contribution in [3.8, 4) is 33.5 Å². The average Bonchev–Trinajstić information content (AvgIpc) is 3.27. The van der Waals surface area contributed by atoms with Crippen molar-refractivity contribution in [3.05, 3.63) is 217 Å². The molecule has 2 atom stereocenters. The first-order valence-electron chi connectivity index (χ1n) is 19.9. The summed E-state index contributed by atoms with van der Waals surface area (Å²) in [6.45, 7) is 11.1. The second-order valence-corrected chi connectivity index (χ2v) is 15.1. The van der Waals surface area contributed by atoms with Gasteiger partial charge in [-0.2, -0.15) is 0 Å². The van der Waals surface area contributed by atoms with Crippen LogP contribution in [0.15, 0.2) is 199 Å². The molecule has 1 aromatic heterocycles. The summed E-state index contributed by atoms with van der Waals surface area (Å²) in [5, 5.41) is 0. The third-order valence-electron chi connectivity index (χ3n) is 10.7. The largest absolute Gasteiger partial charge is 0.248 e. The molecule has 0 saturated heterocycles. The number of hydrogen-bond donors (Lipinski definition) is 0. The third kappa shape index (κ3) is 8.90. The third-order valence-corrected chi connectivity index (χ3v) is 10.7. The Labute approximate surface area is 337 Å². The van der Waals surface area contributed by atoms with Crippen LogP contribution in [0.2, 0.25) is 0 Å². The molecule has 2 aliphatic carbocycles. The Bertz CT molecular complexity index is 2550. The van der Waals surface area contributed by atoms with Crippen LogP contribution in [0.25, 0.3) is 50.4 Å². The smallest absolute Gasteiger partial charge is 0.160 e. The Balaban J connectivity index is 1.22. The molecule has 5 aromatic carbocycles. The van der Waals surface area contributed by atoms with Gasteiger partial charge in [0, 0.05) is 22.4 Å². The Morgan fingerprint density at radius 3 is 1.70 bits per heavy atom. The minimum atomic E-state index is 0.535. The van der Waals surface area contributed by atoms with Crippen LogP contribution in [0.3, 0.4) is 0 Å². The van der Waals surface area contributed by atoms with E-state index in [4.69, 9.17) is 15.0 Å². The normalized spacial score (nSPS) is 16.9. The summed E-state index contributed by atoms with van der Waals surface area (Å²) in [7, 11) is 0. The first-order valence-corrected chi connectivity index (χ1v) is 19.9. The molecule has 0 N–H and O–H groups in total. The number of rotatable bonds is 9. The summed E-state index contributed by atoms with van der Waals surface area (Å²) >= 11 is 0. The van der Waals surface area contributed by atoms with Crippen molar-refractivity contribution in [2.75, 3.05) is 0 Å². The number of hydrogen-bond acceptors (Lipinski definition) is 2. The Morgan fingerprint density at radius 1 is 0.509 bits per heavy atom. The summed E-state index contributed by atoms with van der Waals surface area (Å²) in [5.74, 6) is 1.70. The zero-order valence-electron chi connectivity index (χ0n) is 32.9. The highest BCUT2D eigenvalue weighted by atomic mass is 14.9. The molecule has 278 valence electrons. The van der Waals surface area contributed by atoms with E-state index in [1.807, 2.05) is 55.5 Å². The Morgan fingerprint density at radius 2 is 1.05 bits per heavy atom. The van der Waals surface area contributed by atoms with Crippen LogP contribution >= 0.6 is 0 Å². The lowest BCUT2D eigenvalue weighted by Crippen LogP contribution is -2.04. The molecular weight excluding hydrogens is 691 g/mol. The van der Waals surface area contributed by atoms with Gasteiger partial charge in [-0.1, -0.05) is 166 Å². The predicted octanol–water partition coefficient (Wildman–Crippen LogP) is 14.0. The van der Waals surface area contributed by atoms with Gasteiger partial charge >= 0.3 is 0 Å². The zero-order chi connectivity index (χ0) is 39.1. The Hall–Kier alpha value is -6.71. The molecule has 0 fully saturated rings. The van der Waals surface area contributed by atoms with E-state index in [0.717, 1.165) is 74.4 Å². The lowest BCUT2D eigenvalue weighted by Gasteiger charge is -2.17. The molecule has 0 radical (unpaired) electrons. The molecule has 0 bridgehead atoms. The van der Waals surface area contributed by atoms with Crippen molar-refractivity contribution in [1.29, 1.82) is 0 Å². The number of benzene rings is 5. The van der Waals surface area contributed by atoms with Gasteiger partial charge in [0.05, 0.1) is 17.1 Å². The summed E-state index contributed by atoms with van der Waals surface area (Å²) in [6.07, 6.45) is 15.8. The van der Waals surface area contributed by atoms with Crippen LogP contribution in [0, 0.1) is 11.8 Å². The van der Waals surface area contributed by atoms with Crippen LogP contribution in [0.4, 0.5) is 0 Å². The van der Waals surface area contributed by atoms with E-state index in [2.05, 4.69) is 154 Å². The standard InChI is InChI=1S/C54H47N3/c1-37-23-27-43(28-24-37)51-35-52(44-29-25-38(2)26-30-44)57-53(36-51)47-22-14-21-46(31-47)50-33-48(32-49(34-50)42-17-10-6-11-18-42)40(4)56-54(45-19-12-7-13-20-45)55-39(3)41-15-8-5-9-16-41/h5-23,25,27-38H,4,24,26H2,1-3H3/t37?,38-/m1/s1. The van der Waals surface area contributed by atoms with E-state index in [1.54, 1.807) is 0 Å². The van der Waals surface area contributed by atoms with Gasteiger partial charge in [0.15, 0.2) is 5.84 Å². The van der Waals surface area contributed by atoms with Crippen LogP contribution in [-0.2, 0) is 0 Å². The van der Waals surface area contributed by atoms with Crippen LogP contribution in [-0.4, -0.2) is 16.5 Å². The summed E-state index contributed by atoms with van der Waals surface area (Å²) in [6, 6.07) is 50.7. The lowest BCUT2D eigenvalue weighted by molar-refractivity contribution is 0.738. The van der Waals surface area contributed by atoms with Crippen LogP contribution in [0.5, 0.6) is 0 Å². The highest BCUT2D eigenvalue weighted by Gasteiger charge is 2.16. The second kappa shape index (κ2) is 17.0. The van der Waals surface area contributed by atoms with E-state index < -0.39 is 0 Å². The van der Waals surface area contributed by atoms with E-state index in [-0.39, 0.29) is 0 Å². The van der Waals surface area contributed by atoms with Crippen molar-refractivity contribution >= 4 is 28.4 Å². The van der Waals surface area contributed by atoms with Gasteiger partial charge in [0.1, 0.15) is 0 Å². The molecule has 8 rings (SSSR count). The molecule has 0 spiro atoms. The predicted molar refractivity (Wildman–Crippen MR) is 243 cm³/mol. The molecule has 3 nitrogen and oxygen atoms in total. The summed E-state index contributed by atoms with van der Waals surface area (Å²) in [4.78, 5) is 15.5. The number of allylic oxidation sites excluding steroid dienone is 8. The quantitative estimate of drug-likeness (QED) is 0.108. The maximum absolute atomic E-state index is 5.30. The maximum Gasteiger partial charge on any atom is 0.160 e. The van der Waals surface area contributed by atoms with Crippen LogP contribution in [0.1, 0.15) is 61.6 Å². The molecule has 0 saturated carbocycles. The van der Waals surface area contributed by atoms with Gasteiger partial charge in [0.25, 0.3) is 0 Å². The monoisotopic (exact) mass is 737 g/mol. The first-order chi connectivity index (χ1) is 27.9. The number of amidine groups is 1. The van der Waals surface area contributed by atoms with Crippen molar-refractivity contribution in [2.45, 2.75) is 33.6 Å². The minimum Gasteiger partial charge on any atom is -0.248 e. The van der Waals surface area contributed by atoms with Gasteiger partial charge in [0.2, 0.25) is 0 Å². The number of nitrogens with zero attached hydrogens (tertiary/aromatic N) is 3. The average molecular weight is 738 g/mol. The number of pyridine rings is 1. The van der Waals surface area contributed by atoms with E-state index in [9.17, 15) is 0 Å². The SMILES string of the molecule is C=C(N=C(N=C(C)c1ccccc1)c1ccccc1)c1cc(-c2ccccc2)cc(-c2cccc(-c3cc(C4=CCC(C)C=C4)cc(C4=CC[C@H](C)C=C4)n3)c2)c1. The summed E-state index contributed by atoms with van der Waals surface area (Å²) in [5.41, 5.74) is 15.5. The van der Waals surface area contributed by atoms with Crippen molar-refractivity contribution in [1.82, 2.24) is 4.98 Å². The van der Waals surface area contributed by atoms with Gasteiger partial charge in [-0.3, -0.25) is 0 Å². The van der Waals surface area contributed by atoms with Gasteiger partial charge < -0.3 is 0 Å². The molecule has 0 amide bonds. The fraction of sp³-hybridized carbons (Fsp3) is 0.130.